The van der Waals surface area contributed by atoms with Crippen LogP contribution in [-0.4, -0.2) is 33.1 Å². The van der Waals surface area contributed by atoms with Crippen LogP contribution in [0.4, 0.5) is 10.5 Å². The maximum absolute atomic E-state index is 12.8. The van der Waals surface area contributed by atoms with Crippen LogP contribution in [0.5, 0.6) is 23.0 Å². The Bertz CT molecular complexity index is 1050. The monoisotopic (exact) mass is 434 g/mol. The van der Waals surface area contributed by atoms with E-state index in [1.807, 2.05) is 36.4 Å². The normalized spacial score (nSPS) is 12.7. The molecule has 1 unspecified atom stereocenters. The number of fused-ring (bicyclic) bond motifs is 1. The van der Waals surface area contributed by atoms with Crippen LogP contribution in [0.25, 0.3) is 0 Å². The van der Waals surface area contributed by atoms with E-state index < -0.39 is 0 Å². The fourth-order valence-electron chi connectivity index (χ4n) is 3.66. The van der Waals surface area contributed by atoms with Crippen LogP contribution in [0.2, 0.25) is 0 Å². The maximum atomic E-state index is 12.8. The van der Waals surface area contributed by atoms with Crippen molar-refractivity contribution in [1.29, 1.82) is 0 Å². The van der Waals surface area contributed by atoms with Crippen molar-refractivity contribution in [3.63, 3.8) is 0 Å². The van der Waals surface area contributed by atoms with E-state index in [9.17, 15) is 4.79 Å². The molecule has 1 atom stereocenters. The molecule has 1 heterocycles. The standard InChI is InChI=1S/C25H26N2O5/c1-29-21-13-20(14-22(15-21)30-2)27-25(28)26-19(10-17-6-4-3-5-7-17)11-18-8-9-23-24(12-18)32-16-31-23/h3-9,12-15,19H,10-11,16H2,1-2H3,(H2,26,27,28). The van der Waals surface area contributed by atoms with Crippen LogP contribution in [0.3, 0.4) is 0 Å². The molecule has 0 spiro atoms. The summed E-state index contributed by atoms with van der Waals surface area (Å²) in [4.78, 5) is 12.8. The number of urea groups is 1. The molecule has 32 heavy (non-hydrogen) atoms. The van der Waals surface area contributed by atoms with Gasteiger partial charge in [0.1, 0.15) is 11.5 Å². The summed E-state index contributed by atoms with van der Waals surface area (Å²) in [6, 6.07) is 20.7. The average molecular weight is 434 g/mol. The molecule has 7 nitrogen and oxygen atoms in total. The Labute approximate surface area is 187 Å². The summed E-state index contributed by atoms with van der Waals surface area (Å²) in [6.45, 7) is 0.233. The molecule has 2 amide bonds. The molecular formula is C25H26N2O5. The van der Waals surface area contributed by atoms with Gasteiger partial charge in [-0.05, 0) is 36.1 Å². The van der Waals surface area contributed by atoms with E-state index in [0.717, 1.165) is 22.6 Å². The van der Waals surface area contributed by atoms with E-state index in [-0.39, 0.29) is 18.9 Å². The molecule has 7 heteroatoms. The predicted octanol–water partition coefficient (Wildman–Crippen LogP) is 4.41. The third-order valence-electron chi connectivity index (χ3n) is 5.19. The van der Waals surface area contributed by atoms with Gasteiger partial charge in [-0.2, -0.15) is 0 Å². The van der Waals surface area contributed by atoms with E-state index in [4.69, 9.17) is 18.9 Å². The minimum atomic E-state index is -0.304. The zero-order valence-corrected chi connectivity index (χ0v) is 18.1. The summed E-state index contributed by atoms with van der Waals surface area (Å²) in [5.41, 5.74) is 2.78. The zero-order chi connectivity index (χ0) is 22.3. The lowest BCUT2D eigenvalue weighted by Gasteiger charge is -2.20. The third-order valence-corrected chi connectivity index (χ3v) is 5.19. The first-order valence-electron chi connectivity index (χ1n) is 10.4. The second-order valence-corrected chi connectivity index (χ2v) is 7.48. The van der Waals surface area contributed by atoms with Gasteiger partial charge in [0.15, 0.2) is 11.5 Å². The smallest absolute Gasteiger partial charge is 0.319 e. The van der Waals surface area contributed by atoms with Gasteiger partial charge in [0, 0.05) is 29.9 Å². The van der Waals surface area contributed by atoms with Crippen LogP contribution < -0.4 is 29.6 Å². The molecule has 0 aromatic heterocycles. The van der Waals surface area contributed by atoms with E-state index in [0.29, 0.717) is 30.0 Å². The van der Waals surface area contributed by atoms with Gasteiger partial charge in [0.2, 0.25) is 6.79 Å². The number of nitrogens with one attached hydrogen (secondary N) is 2. The van der Waals surface area contributed by atoms with Gasteiger partial charge in [-0.1, -0.05) is 36.4 Å². The van der Waals surface area contributed by atoms with Crippen LogP contribution in [0.15, 0.2) is 66.7 Å². The summed E-state index contributed by atoms with van der Waals surface area (Å²) in [7, 11) is 3.14. The zero-order valence-electron chi connectivity index (χ0n) is 18.1. The first-order chi connectivity index (χ1) is 15.6. The number of carbonyl (C=O) groups excluding carboxylic acids is 1. The highest BCUT2D eigenvalue weighted by atomic mass is 16.7. The van der Waals surface area contributed by atoms with Gasteiger partial charge < -0.3 is 29.6 Å². The molecule has 4 rings (SSSR count). The van der Waals surface area contributed by atoms with Crippen molar-refractivity contribution < 1.29 is 23.7 Å². The summed E-state index contributed by atoms with van der Waals surface area (Å²) in [5.74, 6) is 2.67. The van der Waals surface area contributed by atoms with Crippen molar-refractivity contribution in [3.8, 4) is 23.0 Å². The maximum Gasteiger partial charge on any atom is 0.319 e. The van der Waals surface area contributed by atoms with Crippen molar-refractivity contribution in [2.24, 2.45) is 0 Å². The largest absolute Gasteiger partial charge is 0.497 e. The molecule has 3 aromatic carbocycles. The first-order valence-corrected chi connectivity index (χ1v) is 10.4. The first kappa shape index (κ1) is 21.4. The number of carbonyl (C=O) groups is 1. The lowest BCUT2D eigenvalue weighted by atomic mass is 9.98. The Morgan fingerprint density at radius 2 is 1.56 bits per heavy atom. The number of methoxy groups -OCH3 is 2. The lowest BCUT2D eigenvalue weighted by molar-refractivity contribution is 0.174. The highest BCUT2D eigenvalue weighted by Crippen LogP contribution is 2.33. The van der Waals surface area contributed by atoms with E-state index in [1.54, 1.807) is 32.4 Å². The molecule has 0 bridgehead atoms. The van der Waals surface area contributed by atoms with Crippen LogP contribution in [-0.2, 0) is 12.8 Å². The molecule has 1 aliphatic rings. The summed E-state index contributed by atoms with van der Waals surface area (Å²) in [6.07, 6.45) is 1.32. The lowest BCUT2D eigenvalue weighted by Crippen LogP contribution is -2.40. The second kappa shape index (κ2) is 9.96. The van der Waals surface area contributed by atoms with Gasteiger partial charge in [-0.15, -0.1) is 0 Å². The van der Waals surface area contributed by atoms with Crippen molar-refractivity contribution >= 4 is 11.7 Å². The Morgan fingerprint density at radius 3 is 2.28 bits per heavy atom. The number of benzene rings is 3. The number of rotatable bonds is 8. The minimum absolute atomic E-state index is 0.134. The van der Waals surface area contributed by atoms with Crippen molar-refractivity contribution in [2.75, 3.05) is 26.3 Å². The molecule has 0 radical (unpaired) electrons. The Balaban J connectivity index is 1.49. The summed E-state index contributed by atoms with van der Waals surface area (Å²) in [5, 5.41) is 5.98. The quantitative estimate of drug-likeness (QED) is 0.549. The molecule has 0 aliphatic carbocycles. The summed E-state index contributed by atoms with van der Waals surface area (Å²) < 4.78 is 21.5. The van der Waals surface area contributed by atoms with E-state index in [2.05, 4.69) is 22.8 Å². The fourth-order valence-corrected chi connectivity index (χ4v) is 3.66. The number of anilines is 1. The molecule has 0 fully saturated rings. The Hall–Kier alpha value is -3.87. The fraction of sp³-hybridized carbons (Fsp3) is 0.240. The predicted molar refractivity (Wildman–Crippen MR) is 122 cm³/mol. The number of hydrogen-bond acceptors (Lipinski definition) is 5. The minimum Gasteiger partial charge on any atom is -0.497 e. The van der Waals surface area contributed by atoms with Gasteiger partial charge in [0.25, 0.3) is 0 Å². The number of amides is 2. The highest BCUT2D eigenvalue weighted by molar-refractivity contribution is 5.90. The molecule has 0 saturated heterocycles. The SMILES string of the molecule is COc1cc(NC(=O)NC(Cc2ccccc2)Cc2ccc3c(c2)OCO3)cc(OC)c1. The van der Waals surface area contributed by atoms with Gasteiger partial charge in [-0.3, -0.25) is 0 Å². The van der Waals surface area contributed by atoms with Crippen LogP contribution in [0, 0.1) is 0 Å². The second-order valence-electron chi connectivity index (χ2n) is 7.48. The van der Waals surface area contributed by atoms with E-state index in [1.165, 1.54) is 0 Å². The van der Waals surface area contributed by atoms with Crippen LogP contribution >= 0.6 is 0 Å². The van der Waals surface area contributed by atoms with Crippen LogP contribution in [0.1, 0.15) is 11.1 Å². The molecule has 3 aromatic rings. The number of hydrogen-bond donors (Lipinski definition) is 2. The Kier molecular flexibility index (Phi) is 6.65. The van der Waals surface area contributed by atoms with Crippen molar-refractivity contribution in [3.05, 3.63) is 77.9 Å². The van der Waals surface area contributed by atoms with Crippen molar-refractivity contribution in [1.82, 2.24) is 5.32 Å². The topological polar surface area (TPSA) is 78.1 Å². The molecule has 2 N–H and O–H groups in total. The summed E-state index contributed by atoms with van der Waals surface area (Å²) >= 11 is 0. The highest BCUT2D eigenvalue weighted by Gasteiger charge is 2.18. The third kappa shape index (κ3) is 5.43. The van der Waals surface area contributed by atoms with Crippen molar-refractivity contribution in [2.45, 2.75) is 18.9 Å². The number of ether oxygens (including phenoxy) is 4. The van der Waals surface area contributed by atoms with Gasteiger partial charge in [0.05, 0.1) is 14.2 Å². The van der Waals surface area contributed by atoms with E-state index >= 15 is 0 Å². The molecule has 166 valence electrons. The molecule has 0 saturated carbocycles. The molecular weight excluding hydrogens is 408 g/mol. The van der Waals surface area contributed by atoms with Gasteiger partial charge >= 0.3 is 6.03 Å². The van der Waals surface area contributed by atoms with Gasteiger partial charge in [-0.25, -0.2) is 4.79 Å². The average Bonchev–Trinajstić information content (AvgIpc) is 3.27. The Morgan fingerprint density at radius 1 is 0.875 bits per heavy atom. The molecule has 1 aliphatic heterocycles.